The fourth-order valence-corrected chi connectivity index (χ4v) is 1.49. The van der Waals surface area contributed by atoms with Crippen LogP contribution in [0.2, 0.25) is 0 Å². The lowest BCUT2D eigenvalue weighted by Crippen LogP contribution is -2.35. The van der Waals surface area contributed by atoms with E-state index in [1.165, 1.54) is 5.69 Å². The number of rotatable bonds is 1. The molecule has 0 heterocycles. The van der Waals surface area contributed by atoms with Gasteiger partial charge in [-0.3, -0.25) is 4.48 Å². The number of quaternary nitrogens is 1. The molecule has 0 aliphatic rings. The summed E-state index contributed by atoms with van der Waals surface area (Å²) in [7, 11) is 6.40. The van der Waals surface area contributed by atoms with Crippen LogP contribution in [-0.2, 0) is 0 Å². The van der Waals surface area contributed by atoms with Gasteiger partial charge in [-0.1, -0.05) is 12.1 Å². The van der Waals surface area contributed by atoms with Crippen LogP contribution >= 0.6 is 12.6 Å². The second-order valence-electron chi connectivity index (χ2n) is 3.50. The van der Waals surface area contributed by atoms with Crippen LogP contribution in [0.4, 0.5) is 5.69 Å². The van der Waals surface area contributed by atoms with Gasteiger partial charge in [0.05, 0.1) is 26.0 Å². The highest BCUT2D eigenvalue weighted by molar-refractivity contribution is 7.80. The van der Waals surface area contributed by atoms with Crippen molar-refractivity contribution in [1.82, 2.24) is 4.48 Å². The highest BCUT2D eigenvalue weighted by atomic mass is 32.1. The van der Waals surface area contributed by atoms with E-state index < -0.39 is 0 Å². The molecule has 0 atom stereocenters. The molecule has 0 unspecified atom stereocenters. The van der Waals surface area contributed by atoms with E-state index in [2.05, 4.69) is 39.8 Å². The van der Waals surface area contributed by atoms with Crippen molar-refractivity contribution in [3.8, 4) is 0 Å². The SMILES string of the molecule is C[N+](C)(C)c1ccccc1S. The van der Waals surface area contributed by atoms with Crippen molar-refractivity contribution in [3.63, 3.8) is 0 Å². The lowest BCUT2D eigenvalue weighted by atomic mass is 10.3. The molecule has 2 heteroatoms. The molecule has 1 aromatic carbocycles. The lowest BCUT2D eigenvalue weighted by molar-refractivity contribution is 0.479. The van der Waals surface area contributed by atoms with E-state index in [9.17, 15) is 0 Å². The quantitative estimate of drug-likeness (QED) is 0.482. The highest BCUT2D eigenvalue weighted by Gasteiger charge is 2.13. The fourth-order valence-electron chi connectivity index (χ4n) is 1.03. The van der Waals surface area contributed by atoms with Crippen molar-refractivity contribution in [2.45, 2.75) is 4.90 Å². The van der Waals surface area contributed by atoms with Crippen LogP contribution in [0.25, 0.3) is 0 Å². The van der Waals surface area contributed by atoms with Gasteiger partial charge in [-0.25, -0.2) is 0 Å². The second-order valence-corrected chi connectivity index (χ2v) is 3.98. The first-order valence-corrected chi connectivity index (χ1v) is 4.06. The zero-order valence-electron chi connectivity index (χ0n) is 7.20. The number of hydrogen-bond donors (Lipinski definition) is 1. The maximum Gasteiger partial charge on any atom is 0.145 e. The average Bonchev–Trinajstić information content (AvgIpc) is 1.86. The van der Waals surface area contributed by atoms with Crippen LogP contribution in [-0.4, -0.2) is 21.1 Å². The van der Waals surface area contributed by atoms with Crippen molar-refractivity contribution in [3.05, 3.63) is 24.3 Å². The first-order chi connectivity index (χ1) is 5.02. The van der Waals surface area contributed by atoms with E-state index in [1.54, 1.807) is 0 Å². The Morgan fingerprint density at radius 3 is 2.00 bits per heavy atom. The van der Waals surface area contributed by atoms with E-state index in [4.69, 9.17) is 0 Å². The van der Waals surface area contributed by atoms with Gasteiger partial charge in [0.2, 0.25) is 0 Å². The van der Waals surface area contributed by atoms with Crippen LogP contribution in [0.15, 0.2) is 29.2 Å². The number of thiol groups is 1. The van der Waals surface area contributed by atoms with Crippen molar-refractivity contribution in [1.29, 1.82) is 0 Å². The van der Waals surface area contributed by atoms with Gasteiger partial charge < -0.3 is 0 Å². The van der Waals surface area contributed by atoms with Gasteiger partial charge in [0, 0.05) is 6.07 Å². The Morgan fingerprint density at radius 2 is 1.64 bits per heavy atom. The second kappa shape index (κ2) is 2.88. The standard InChI is InChI=1S/C9H13NS/c1-10(2,3)8-6-4-5-7-9(8)11/h4-7H,1-3H3/p+1. The summed E-state index contributed by atoms with van der Waals surface area (Å²) >= 11 is 4.38. The Hall–Kier alpha value is -0.470. The largest absolute Gasteiger partial charge is 0.297 e. The molecule has 11 heavy (non-hydrogen) atoms. The van der Waals surface area contributed by atoms with Crippen molar-refractivity contribution in [2.24, 2.45) is 0 Å². The van der Waals surface area contributed by atoms with Gasteiger partial charge in [-0.2, -0.15) is 0 Å². The van der Waals surface area contributed by atoms with Crippen LogP contribution in [0.1, 0.15) is 0 Å². The number of para-hydroxylation sites is 1. The molecule has 1 rings (SSSR count). The lowest BCUT2D eigenvalue weighted by Gasteiger charge is -2.24. The molecule has 0 aliphatic heterocycles. The normalized spacial score (nSPS) is 11.6. The minimum atomic E-state index is 0.819. The molecular formula is C9H14NS+. The van der Waals surface area contributed by atoms with Crippen molar-refractivity contribution < 1.29 is 0 Å². The molecule has 60 valence electrons. The minimum Gasteiger partial charge on any atom is -0.297 e. The highest BCUT2D eigenvalue weighted by Crippen LogP contribution is 2.24. The topological polar surface area (TPSA) is 0 Å². The molecular weight excluding hydrogens is 154 g/mol. The summed E-state index contributed by atoms with van der Waals surface area (Å²) in [4.78, 5) is 1.06. The third-order valence-electron chi connectivity index (χ3n) is 1.60. The zero-order valence-corrected chi connectivity index (χ0v) is 8.10. The summed E-state index contributed by atoms with van der Waals surface area (Å²) in [5.74, 6) is 0. The molecule has 0 fully saturated rings. The number of benzene rings is 1. The molecule has 1 aromatic rings. The van der Waals surface area contributed by atoms with E-state index in [0.29, 0.717) is 0 Å². The van der Waals surface area contributed by atoms with E-state index in [-0.39, 0.29) is 0 Å². The molecule has 1 nitrogen and oxygen atoms in total. The van der Waals surface area contributed by atoms with Crippen LogP contribution in [0.3, 0.4) is 0 Å². The molecule has 0 bridgehead atoms. The maximum atomic E-state index is 4.38. The summed E-state index contributed by atoms with van der Waals surface area (Å²) in [5, 5.41) is 0. The van der Waals surface area contributed by atoms with Gasteiger partial charge in [0.1, 0.15) is 5.69 Å². The summed E-state index contributed by atoms with van der Waals surface area (Å²) in [6.45, 7) is 0. The van der Waals surface area contributed by atoms with Gasteiger partial charge in [0.25, 0.3) is 0 Å². The van der Waals surface area contributed by atoms with Crippen molar-refractivity contribution >= 4 is 18.3 Å². The molecule has 0 saturated heterocycles. The predicted octanol–water partition coefficient (Wildman–Crippen LogP) is 2.17. The summed E-state index contributed by atoms with van der Waals surface area (Å²) in [5.41, 5.74) is 1.25. The molecule has 0 radical (unpaired) electrons. The van der Waals surface area contributed by atoms with Gasteiger partial charge in [0.15, 0.2) is 0 Å². The first-order valence-electron chi connectivity index (χ1n) is 3.62. The zero-order chi connectivity index (χ0) is 8.48. The summed E-state index contributed by atoms with van der Waals surface area (Å²) in [6, 6.07) is 8.16. The van der Waals surface area contributed by atoms with Crippen LogP contribution < -0.4 is 4.48 Å². The van der Waals surface area contributed by atoms with Gasteiger partial charge in [-0.15, -0.1) is 12.6 Å². The molecule has 0 aliphatic carbocycles. The Kier molecular flexibility index (Phi) is 2.25. The molecule has 0 aromatic heterocycles. The van der Waals surface area contributed by atoms with Crippen LogP contribution in [0, 0.1) is 0 Å². The summed E-state index contributed by atoms with van der Waals surface area (Å²) in [6.07, 6.45) is 0. The first kappa shape index (κ1) is 8.62. The third-order valence-corrected chi connectivity index (χ3v) is 1.98. The van der Waals surface area contributed by atoms with Gasteiger partial charge >= 0.3 is 0 Å². The molecule has 0 saturated carbocycles. The Bertz CT molecular complexity index is 250. The number of hydrogen-bond acceptors (Lipinski definition) is 1. The Balaban J connectivity index is 3.14. The van der Waals surface area contributed by atoms with E-state index in [0.717, 1.165) is 9.38 Å². The van der Waals surface area contributed by atoms with Gasteiger partial charge in [-0.05, 0) is 6.07 Å². The predicted molar refractivity (Wildman–Crippen MR) is 53.3 cm³/mol. The average molecular weight is 168 g/mol. The fraction of sp³-hybridized carbons (Fsp3) is 0.333. The monoisotopic (exact) mass is 168 g/mol. The maximum absolute atomic E-state index is 4.38. The molecule has 0 N–H and O–H groups in total. The molecule has 0 spiro atoms. The van der Waals surface area contributed by atoms with Crippen molar-refractivity contribution in [2.75, 3.05) is 21.1 Å². The number of nitrogens with zero attached hydrogens (tertiary/aromatic N) is 1. The van der Waals surface area contributed by atoms with E-state index >= 15 is 0 Å². The third kappa shape index (κ3) is 1.98. The smallest absolute Gasteiger partial charge is 0.145 e. The molecule has 0 amide bonds. The Labute approximate surface area is 73.7 Å². The van der Waals surface area contributed by atoms with E-state index in [1.807, 2.05) is 18.2 Å². The van der Waals surface area contributed by atoms with Crippen LogP contribution in [0.5, 0.6) is 0 Å². The minimum absolute atomic E-state index is 0.819. The summed E-state index contributed by atoms with van der Waals surface area (Å²) < 4.78 is 0.819. The Morgan fingerprint density at radius 1 is 1.09 bits per heavy atom.